The average molecular weight is 355 g/mol. The molecule has 0 radical (unpaired) electrons. The molecule has 4 rings (SSSR count). The molecule has 0 bridgehead atoms. The van der Waals surface area contributed by atoms with E-state index in [4.69, 9.17) is 0 Å². The van der Waals surface area contributed by atoms with Gasteiger partial charge in [0.15, 0.2) is 0 Å². The first-order valence-electron chi connectivity index (χ1n) is 9.06. The summed E-state index contributed by atoms with van der Waals surface area (Å²) in [6.45, 7) is 1.31. The van der Waals surface area contributed by atoms with Crippen LogP contribution >= 0.6 is 0 Å². The Hall–Kier alpha value is -3.40. The molecule has 1 N–H and O–H groups in total. The molecular formula is C23H21N3O. The van der Waals surface area contributed by atoms with Gasteiger partial charge in [-0.3, -0.25) is 9.78 Å². The first-order chi connectivity index (χ1) is 13.3. The van der Waals surface area contributed by atoms with Crippen molar-refractivity contribution in [3.63, 3.8) is 0 Å². The smallest absolute Gasteiger partial charge is 0.224 e. The van der Waals surface area contributed by atoms with Crippen LogP contribution in [0.25, 0.3) is 10.9 Å². The number of hydrogen-bond acceptors (Lipinski definition) is 2. The molecule has 2 aromatic heterocycles. The van der Waals surface area contributed by atoms with Crippen LogP contribution in [0.2, 0.25) is 0 Å². The van der Waals surface area contributed by atoms with Gasteiger partial charge in [-0.25, -0.2) is 0 Å². The zero-order valence-corrected chi connectivity index (χ0v) is 15.0. The molecule has 2 aromatic carbocycles. The quantitative estimate of drug-likeness (QED) is 0.569. The highest BCUT2D eigenvalue weighted by atomic mass is 16.1. The second-order valence-corrected chi connectivity index (χ2v) is 6.59. The van der Waals surface area contributed by atoms with Gasteiger partial charge in [-0.2, -0.15) is 0 Å². The SMILES string of the molecule is O=C(Cc1cn(Cc2ccccc2)c2ccccc12)NCc1ccncc1. The van der Waals surface area contributed by atoms with Gasteiger partial charge in [0.25, 0.3) is 0 Å². The number of nitrogens with zero attached hydrogens (tertiary/aromatic N) is 2. The van der Waals surface area contributed by atoms with Crippen molar-refractivity contribution in [2.24, 2.45) is 0 Å². The largest absolute Gasteiger partial charge is 0.352 e. The van der Waals surface area contributed by atoms with Crippen LogP contribution < -0.4 is 5.32 Å². The van der Waals surface area contributed by atoms with E-state index in [1.165, 1.54) is 5.56 Å². The second kappa shape index (κ2) is 7.87. The minimum atomic E-state index is 0.0226. The first kappa shape index (κ1) is 17.0. The number of rotatable bonds is 6. The minimum absolute atomic E-state index is 0.0226. The van der Waals surface area contributed by atoms with E-state index in [-0.39, 0.29) is 5.91 Å². The Kier molecular flexibility index (Phi) is 4.97. The molecule has 0 saturated carbocycles. The zero-order chi connectivity index (χ0) is 18.5. The van der Waals surface area contributed by atoms with E-state index in [9.17, 15) is 4.79 Å². The maximum absolute atomic E-state index is 12.5. The Labute approximate surface area is 158 Å². The zero-order valence-electron chi connectivity index (χ0n) is 15.0. The Morgan fingerprint density at radius 3 is 2.44 bits per heavy atom. The first-order valence-corrected chi connectivity index (χ1v) is 9.06. The minimum Gasteiger partial charge on any atom is -0.352 e. The lowest BCUT2D eigenvalue weighted by molar-refractivity contribution is -0.120. The molecule has 4 aromatic rings. The highest BCUT2D eigenvalue weighted by Crippen LogP contribution is 2.23. The molecule has 134 valence electrons. The Morgan fingerprint density at radius 1 is 0.889 bits per heavy atom. The van der Waals surface area contributed by atoms with E-state index in [0.29, 0.717) is 13.0 Å². The molecule has 4 nitrogen and oxygen atoms in total. The van der Waals surface area contributed by atoms with E-state index >= 15 is 0 Å². The highest BCUT2D eigenvalue weighted by Gasteiger charge is 2.12. The van der Waals surface area contributed by atoms with Gasteiger partial charge >= 0.3 is 0 Å². The molecule has 0 aliphatic heterocycles. The molecule has 0 aliphatic carbocycles. The summed E-state index contributed by atoms with van der Waals surface area (Å²) in [5, 5.41) is 4.13. The van der Waals surface area contributed by atoms with Gasteiger partial charge in [-0.05, 0) is 34.9 Å². The maximum Gasteiger partial charge on any atom is 0.224 e. The Bertz CT molecular complexity index is 1040. The number of pyridine rings is 1. The molecule has 0 fully saturated rings. The number of carbonyl (C=O) groups is 1. The van der Waals surface area contributed by atoms with Crippen molar-refractivity contribution in [3.8, 4) is 0 Å². The van der Waals surface area contributed by atoms with Crippen LogP contribution in [-0.2, 0) is 24.3 Å². The van der Waals surface area contributed by atoms with Crippen molar-refractivity contribution in [3.05, 3.63) is 102 Å². The van der Waals surface area contributed by atoms with Crippen molar-refractivity contribution in [2.45, 2.75) is 19.5 Å². The van der Waals surface area contributed by atoms with E-state index in [2.05, 4.69) is 57.5 Å². The summed E-state index contributed by atoms with van der Waals surface area (Å²) < 4.78 is 2.22. The third-order valence-corrected chi connectivity index (χ3v) is 4.66. The molecule has 0 spiro atoms. The number of aromatic nitrogens is 2. The van der Waals surface area contributed by atoms with Crippen molar-refractivity contribution in [2.75, 3.05) is 0 Å². The van der Waals surface area contributed by atoms with Crippen LogP contribution in [0, 0.1) is 0 Å². The number of para-hydroxylation sites is 1. The van der Waals surface area contributed by atoms with Gasteiger partial charge in [0.2, 0.25) is 5.91 Å². The fraction of sp³-hybridized carbons (Fsp3) is 0.130. The summed E-state index contributed by atoms with van der Waals surface area (Å²) in [4.78, 5) is 16.5. The van der Waals surface area contributed by atoms with Crippen LogP contribution in [0.15, 0.2) is 85.3 Å². The number of nitrogens with one attached hydrogen (secondary N) is 1. The maximum atomic E-state index is 12.5. The van der Waals surface area contributed by atoms with Crippen LogP contribution in [0.3, 0.4) is 0 Å². The van der Waals surface area contributed by atoms with Crippen LogP contribution in [0.4, 0.5) is 0 Å². The van der Waals surface area contributed by atoms with E-state index < -0.39 is 0 Å². The summed E-state index contributed by atoms with van der Waals surface area (Å²) in [6, 6.07) is 22.4. The number of benzene rings is 2. The molecule has 0 atom stereocenters. The normalized spacial score (nSPS) is 10.8. The summed E-state index contributed by atoms with van der Waals surface area (Å²) in [5.74, 6) is 0.0226. The predicted molar refractivity (Wildman–Crippen MR) is 107 cm³/mol. The second-order valence-electron chi connectivity index (χ2n) is 6.59. The molecule has 4 heteroatoms. The fourth-order valence-electron chi connectivity index (χ4n) is 3.31. The lowest BCUT2D eigenvalue weighted by atomic mass is 10.1. The molecule has 27 heavy (non-hydrogen) atoms. The van der Waals surface area contributed by atoms with Crippen LogP contribution in [0.1, 0.15) is 16.7 Å². The van der Waals surface area contributed by atoms with Crippen molar-refractivity contribution in [1.29, 1.82) is 0 Å². The number of fused-ring (bicyclic) bond motifs is 1. The predicted octanol–water partition coefficient (Wildman–Crippen LogP) is 3.94. The molecule has 2 heterocycles. The van der Waals surface area contributed by atoms with Crippen molar-refractivity contribution in [1.82, 2.24) is 14.9 Å². The Balaban J connectivity index is 1.52. The van der Waals surface area contributed by atoms with Crippen molar-refractivity contribution < 1.29 is 4.79 Å². The monoisotopic (exact) mass is 355 g/mol. The van der Waals surface area contributed by atoms with Crippen molar-refractivity contribution >= 4 is 16.8 Å². The lowest BCUT2D eigenvalue weighted by Gasteiger charge is -2.05. The van der Waals surface area contributed by atoms with E-state index in [1.54, 1.807) is 12.4 Å². The summed E-state index contributed by atoms with van der Waals surface area (Å²) >= 11 is 0. The third-order valence-electron chi connectivity index (χ3n) is 4.66. The molecule has 0 aliphatic rings. The number of amides is 1. The number of carbonyl (C=O) groups excluding carboxylic acids is 1. The van der Waals surface area contributed by atoms with Gasteiger partial charge in [0, 0.05) is 42.6 Å². The highest BCUT2D eigenvalue weighted by molar-refractivity contribution is 5.89. The van der Waals surface area contributed by atoms with Gasteiger partial charge in [0.1, 0.15) is 0 Å². The van der Waals surface area contributed by atoms with Gasteiger partial charge in [-0.15, -0.1) is 0 Å². The summed E-state index contributed by atoms with van der Waals surface area (Å²) in [7, 11) is 0. The fourth-order valence-corrected chi connectivity index (χ4v) is 3.31. The molecular weight excluding hydrogens is 334 g/mol. The molecule has 1 amide bonds. The van der Waals surface area contributed by atoms with Gasteiger partial charge in [0.05, 0.1) is 6.42 Å². The summed E-state index contributed by atoms with van der Waals surface area (Å²) in [6.07, 6.45) is 5.94. The summed E-state index contributed by atoms with van der Waals surface area (Å²) in [5.41, 5.74) is 4.49. The van der Waals surface area contributed by atoms with Crippen LogP contribution in [-0.4, -0.2) is 15.5 Å². The van der Waals surface area contributed by atoms with E-state index in [1.807, 2.05) is 30.3 Å². The van der Waals surface area contributed by atoms with Gasteiger partial charge in [-0.1, -0.05) is 48.5 Å². The molecule has 0 unspecified atom stereocenters. The third kappa shape index (κ3) is 4.06. The number of hydrogen-bond donors (Lipinski definition) is 1. The van der Waals surface area contributed by atoms with E-state index in [0.717, 1.165) is 28.6 Å². The lowest BCUT2D eigenvalue weighted by Crippen LogP contribution is -2.24. The molecule has 0 saturated heterocycles. The van der Waals surface area contributed by atoms with Crippen LogP contribution in [0.5, 0.6) is 0 Å². The Morgan fingerprint density at radius 2 is 1.63 bits per heavy atom. The van der Waals surface area contributed by atoms with Gasteiger partial charge < -0.3 is 9.88 Å². The average Bonchev–Trinajstić information content (AvgIpc) is 3.05. The standard InChI is InChI=1S/C23H21N3O/c27-23(25-15-18-10-12-24-13-11-18)14-20-17-26(16-19-6-2-1-3-7-19)22-9-5-4-8-21(20)22/h1-13,17H,14-16H2,(H,25,27). The topological polar surface area (TPSA) is 46.9 Å².